The van der Waals surface area contributed by atoms with Gasteiger partial charge in [0.05, 0.1) is 11.6 Å². The lowest BCUT2D eigenvalue weighted by Gasteiger charge is -2.50. The monoisotopic (exact) mass is 540 g/mol. The van der Waals surface area contributed by atoms with Crippen molar-refractivity contribution in [1.29, 1.82) is 0 Å². The molecule has 4 rings (SSSR count). The number of benzene rings is 1. The molecule has 0 radical (unpaired) electrons. The van der Waals surface area contributed by atoms with Crippen LogP contribution in [0.5, 0.6) is 5.75 Å². The lowest BCUT2D eigenvalue weighted by molar-refractivity contribution is -0.153. The number of aliphatic hydroxyl groups is 3. The molecule has 1 aromatic carbocycles. The molecule has 4 atom stereocenters. The standard InChI is InChI=1S/C21H21IN2O7/c1-24(2)15-9-6-7-5-8-10(22)3-4-11(25)13(8)16(26)12(7)18(28)21(9,31)19(29)14(17(15)27)20(23)30/h3-4,7,9,15,25-26,29,31H,5-6H2,1-2H3,(H2,23,30). The van der Waals surface area contributed by atoms with Gasteiger partial charge in [0, 0.05) is 15.1 Å². The minimum Gasteiger partial charge on any atom is -0.508 e. The number of phenolic OH excluding ortho intramolecular Hbond substituents is 1. The molecular weight excluding hydrogens is 519 g/mol. The minimum absolute atomic E-state index is 0.0809. The maximum Gasteiger partial charge on any atom is 0.255 e. The average molecular weight is 540 g/mol. The van der Waals surface area contributed by atoms with Crippen LogP contribution in [-0.4, -0.2) is 68.5 Å². The Hall–Kier alpha value is -2.44. The molecule has 4 unspecified atom stereocenters. The molecule has 31 heavy (non-hydrogen) atoms. The highest BCUT2D eigenvalue weighted by atomic mass is 127. The number of ketones is 2. The molecule has 3 aliphatic rings. The summed E-state index contributed by atoms with van der Waals surface area (Å²) >= 11 is 2.07. The van der Waals surface area contributed by atoms with E-state index in [1.54, 1.807) is 20.2 Å². The van der Waals surface area contributed by atoms with E-state index in [1.165, 1.54) is 11.0 Å². The number of carbonyl (C=O) groups excluding carboxylic acids is 3. The summed E-state index contributed by atoms with van der Waals surface area (Å²) in [6.45, 7) is 0. The highest BCUT2D eigenvalue weighted by Crippen LogP contribution is 2.52. The first kappa shape index (κ1) is 21.8. The number of hydrogen-bond donors (Lipinski definition) is 5. The number of Topliss-reactive ketones (excluding diaryl/α,β-unsaturated/α-hetero) is 2. The summed E-state index contributed by atoms with van der Waals surface area (Å²) in [7, 11) is 3.13. The van der Waals surface area contributed by atoms with E-state index in [0.29, 0.717) is 12.0 Å². The SMILES string of the molecule is CN(C)C1C(=O)C(C(N)=O)=C(O)C2(O)C(=O)C3=C(O)c4c(O)ccc(I)c4CC3CC12. The van der Waals surface area contributed by atoms with E-state index in [9.17, 15) is 34.8 Å². The van der Waals surface area contributed by atoms with Crippen molar-refractivity contribution in [3.8, 4) is 5.75 Å². The summed E-state index contributed by atoms with van der Waals surface area (Å²) in [5.74, 6) is -6.44. The van der Waals surface area contributed by atoms with Gasteiger partial charge in [-0.05, 0) is 73.1 Å². The summed E-state index contributed by atoms with van der Waals surface area (Å²) in [5, 5.41) is 43.4. The van der Waals surface area contributed by atoms with Crippen molar-refractivity contribution in [2.24, 2.45) is 17.6 Å². The van der Waals surface area contributed by atoms with E-state index < -0.39 is 58.0 Å². The van der Waals surface area contributed by atoms with E-state index >= 15 is 0 Å². The van der Waals surface area contributed by atoms with Crippen LogP contribution in [0, 0.1) is 15.4 Å². The zero-order valence-corrected chi connectivity index (χ0v) is 18.9. The van der Waals surface area contributed by atoms with E-state index in [0.717, 1.165) is 3.57 Å². The normalized spacial score (nSPS) is 30.3. The Morgan fingerprint density at radius 2 is 1.87 bits per heavy atom. The molecule has 10 heteroatoms. The van der Waals surface area contributed by atoms with Crippen LogP contribution in [0.25, 0.3) is 5.76 Å². The molecule has 0 bridgehead atoms. The van der Waals surface area contributed by atoms with Gasteiger partial charge in [0.2, 0.25) is 5.78 Å². The van der Waals surface area contributed by atoms with Crippen LogP contribution in [-0.2, 0) is 20.8 Å². The van der Waals surface area contributed by atoms with Gasteiger partial charge in [0.25, 0.3) is 5.91 Å². The van der Waals surface area contributed by atoms with Crippen LogP contribution in [0.1, 0.15) is 17.5 Å². The Morgan fingerprint density at radius 1 is 1.23 bits per heavy atom. The molecular formula is C21H21IN2O7. The topological polar surface area (TPSA) is 161 Å². The van der Waals surface area contributed by atoms with Gasteiger partial charge in [-0.2, -0.15) is 0 Å². The molecule has 1 aromatic rings. The lowest BCUT2D eigenvalue weighted by Crippen LogP contribution is -2.65. The molecule has 3 aliphatic carbocycles. The fourth-order valence-electron chi connectivity index (χ4n) is 5.21. The molecule has 0 aromatic heterocycles. The first-order valence-electron chi connectivity index (χ1n) is 9.58. The fraction of sp³-hybridized carbons (Fsp3) is 0.381. The lowest BCUT2D eigenvalue weighted by atomic mass is 9.57. The molecule has 1 fully saturated rings. The molecule has 0 saturated heterocycles. The maximum absolute atomic E-state index is 13.6. The molecule has 0 spiro atoms. The number of hydrogen-bond acceptors (Lipinski definition) is 8. The Balaban J connectivity index is 1.99. The quantitative estimate of drug-likeness (QED) is 0.269. The molecule has 9 nitrogen and oxygen atoms in total. The Morgan fingerprint density at radius 3 is 2.45 bits per heavy atom. The summed E-state index contributed by atoms with van der Waals surface area (Å²) in [5.41, 5.74) is 2.46. The largest absolute Gasteiger partial charge is 0.508 e. The van der Waals surface area contributed by atoms with Gasteiger partial charge < -0.3 is 26.2 Å². The van der Waals surface area contributed by atoms with Crippen LogP contribution < -0.4 is 5.73 Å². The van der Waals surface area contributed by atoms with Crippen molar-refractivity contribution in [3.63, 3.8) is 0 Å². The number of nitrogens with zero attached hydrogens (tertiary/aromatic N) is 1. The van der Waals surface area contributed by atoms with Crippen molar-refractivity contribution in [3.05, 3.63) is 43.7 Å². The summed E-state index contributed by atoms with van der Waals surface area (Å²) in [4.78, 5) is 39.9. The third-order valence-electron chi connectivity index (χ3n) is 6.55. The molecule has 1 amide bonds. The fourth-order valence-corrected chi connectivity index (χ4v) is 5.88. The molecule has 1 saturated carbocycles. The van der Waals surface area contributed by atoms with Crippen molar-refractivity contribution in [1.82, 2.24) is 4.90 Å². The summed E-state index contributed by atoms with van der Waals surface area (Å²) < 4.78 is 0.784. The second-order valence-electron chi connectivity index (χ2n) is 8.38. The predicted octanol–water partition coefficient (Wildman–Crippen LogP) is 0.569. The number of aliphatic hydroxyl groups excluding tert-OH is 2. The number of amides is 1. The Kier molecular flexibility index (Phi) is 4.94. The van der Waals surface area contributed by atoms with E-state index in [2.05, 4.69) is 22.6 Å². The number of fused-ring (bicyclic) bond motifs is 3. The number of carbonyl (C=O) groups is 3. The van der Waals surface area contributed by atoms with Crippen molar-refractivity contribution >= 4 is 45.8 Å². The molecule has 164 valence electrons. The van der Waals surface area contributed by atoms with Gasteiger partial charge in [-0.1, -0.05) is 0 Å². The number of nitrogens with two attached hydrogens (primary N) is 1. The second-order valence-corrected chi connectivity index (χ2v) is 9.54. The average Bonchev–Trinajstić information content (AvgIpc) is 2.67. The second kappa shape index (κ2) is 7.04. The van der Waals surface area contributed by atoms with Gasteiger partial charge in [-0.15, -0.1) is 0 Å². The van der Waals surface area contributed by atoms with E-state index in [4.69, 9.17) is 5.73 Å². The van der Waals surface area contributed by atoms with Gasteiger partial charge >= 0.3 is 0 Å². The highest BCUT2D eigenvalue weighted by molar-refractivity contribution is 14.1. The van der Waals surface area contributed by atoms with Crippen LogP contribution in [0.15, 0.2) is 29.0 Å². The smallest absolute Gasteiger partial charge is 0.255 e. The van der Waals surface area contributed by atoms with E-state index in [-0.39, 0.29) is 23.3 Å². The van der Waals surface area contributed by atoms with Crippen LogP contribution in [0.4, 0.5) is 0 Å². The molecule has 6 N–H and O–H groups in total. The van der Waals surface area contributed by atoms with Crippen molar-refractivity contribution in [2.45, 2.75) is 24.5 Å². The molecule has 0 heterocycles. The zero-order chi connectivity index (χ0) is 23.0. The third kappa shape index (κ3) is 2.77. The van der Waals surface area contributed by atoms with Gasteiger partial charge in [0.15, 0.2) is 11.4 Å². The Bertz CT molecular complexity index is 1120. The first-order valence-corrected chi connectivity index (χ1v) is 10.7. The third-order valence-corrected chi connectivity index (χ3v) is 7.56. The van der Waals surface area contributed by atoms with Gasteiger partial charge in [0.1, 0.15) is 22.8 Å². The number of phenols is 1. The van der Waals surface area contributed by atoms with Crippen LogP contribution in [0.3, 0.4) is 0 Å². The van der Waals surface area contributed by atoms with Crippen molar-refractivity contribution < 1.29 is 34.8 Å². The summed E-state index contributed by atoms with van der Waals surface area (Å²) in [6, 6.07) is 2.00. The van der Waals surface area contributed by atoms with Crippen LogP contribution >= 0.6 is 22.6 Å². The number of rotatable bonds is 2. The summed E-state index contributed by atoms with van der Waals surface area (Å²) in [6.07, 6.45) is 0.374. The van der Waals surface area contributed by atoms with Gasteiger partial charge in [-0.3, -0.25) is 19.3 Å². The highest BCUT2D eigenvalue weighted by Gasteiger charge is 2.64. The van der Waals surface area contributed by atoms with E-state index in [1.807, 2.05) is 0 Å². The predicted molar refractivity (Wildman–Crippen MR) is 117 cm³/mol. The minimum atomic E-state index is -2.61. The van der Waals surface area contributed by atoms with Crippen molar-refractivity contribution in [2.75, 3.05) is 14.1 Å². The van der Waals surface area contributed by atoms with Gasteiger partial charge in [-0.25, -0.2) is 0 Å². The number of likely N-dealkylation sites (N-methyl/N-ethyl adjacent to an activating group) is 1. The first-order chi connectivity index (χ1) is 14.4. The van der Waals surface area contributed by atoms with Crippen LogP contribution in [0.2, 0.25) is 0 Å². The Labute approximate surface area is 191 Å². The number of halogens is 1. The zero-order valence-electron chi connectivity index (χ0n) is 16.7. The number of primary amides is 1. The number of aromatic hydroxyl groups is 1. The maximum atomic E-state index is 13.6. The molecule has 0 aliphatic heterocycles.